The van der Waals surface area contributed by atoms with Crippen LogP contribution in [-0.2, 0) is 4.79 Å². The number of para-hydroxylation sites is 2. The first-order valence-corrected chi connectivity index (χ1v) is 12.2. The van der Waals surface area contributed by atoms with E-state index in [1.54, 1.807) is 0 Å². The van der Waals surface area contributed by atoms with Gasteiger partial charge in [0.1, 0.15) is 5.75 Å². The van der Waals surface area contributed by atoms with Crippen LogP contribution in [0.1, 0.15) is 41.0 Å². The summed E-state index contributed by atoms with van der Waals surface area (Å²) in [6, 6.07) is 17.3. The molecule has 2 saturated heterocycles. The maximum Gasteiger partial charge on any atom is 0.276 e. The van der Waals surface area contributed by atoms with Crippen molar-refractivity contribution in [2.45, 2.75) is 33.1 Å². The van der Waals surface area contributed by atoms with Gasteiger partial charge in [0, 0.05) is 26.2 Å². The van der Waals surface area contributed by atoms with E-state index < -0.39 is 0 Å². The molecule has 0 radical (unpaired) electrons. The Morgan fingerprint density at radius 1 is 0.886 bits per heavy atom. The number of piperidine rings is 1. The van der Waals surface area contributed by atoms with Crippen molar-refractivity contribution >= 4 is 11.8 Å². The number of aromatic nitrogens is 3. The smallest absolute Gasteiger partial charge is 0.276 e. The lowest BCUT2D eigenvalue weighted by Crippen LogP contribution is -2.46. The van der Waals surface area contributed by atoms with E-state index in [4.69, 9.17) is 4.74 Å². The SMILES string of the molecule is Cc1ccccc1OCC(=O)N1CCC2(CC1)CCN(C(=O)c1nn(-c3ccccc3)nc1C)C2. The number of amides is 2. The largest absolute Gasteiger partial charge is 0.484 e. The van der Waals surface area contributed by atoms with Gasteiger partial charge in [-0.2, -0.15) is 9.90 Å². The number of nitrogens with zero attached hydrogens (tertiary/aromatic N) is 5. The van der Waals surface area contributed by atoms with Crippen LogP contribution in [0.25, 0.3) is 5.69 Å². The molecule has 3 heterocycles. The molecule has 0 atom stereocenters. The van der Waals surface area contributed by atoms with E-state index in [-0.39, 0.29) is 23.8 Å². The average Bonchev–Trinajstić information content (AvgIpc) is 3.48. The Morgan fingerprint density at radius 2 is 1.54 bits per heavy atom. The number of carbonyl (C=O) groups is 2. The first-order valence-electron chi connectivity index (χ1n) is 12.2. The number of benzene rings is 2. The van der Waals surface area contributed by atoms with E-state index in [2.05, 4.69) is 10.2 Å². The van der Waals surface area contributed by atoms with Gasteiger partial charge >= 0.3 is 0 Å². The summed E-state index contributed by atoms with van der Waals surface area (Å²) in [5, 5.41) is 8.95. The lowest BCUT2D eigenvalue weighted by Gasteiger charge is -2.39. The van der Waals surface area contributed by atoms with Crippen molar-refractivity contribution < 1.29 is 14.3 Å². The van der Waals surface area contributed by atoms with Crippen LogP contribution < -0.4 is 4.74 Å². The van der Waals surface area contributed by atoms with Crippen molar-refractivity contribution in [1.29, 1.82) is 0 Å². The van der Waals surface area contributed by atoms with Crippen LogP contribution in [0.4, 0.5) is 0 Å². The Hall–Kier alpha value is -3.68. The molecule has 2 aliphatic heterocycles. The molecule has 182 valence electrons. The third kappa shape index (κ3) is 4.78. The Labute approximate surface area is 205 Å². The summed E-state index contributed by atoms with van der Waals surface area (Å²) in [5.41, 5.74) is 2.96. The second kappa shape index (κ2) is 9.52. The third-order valence-electron chi connectivity index (χ3n) is 7.32. The zero-order valence-corrected chi connectivity index (χ0v) is 20.3. The number of rotatable bonds is 5. The molecule has 2 aromatic carbocycles. The summed E-state index contributed by atoms with van der Waals surface area (Å²) in [7, 11) is 0. The van der Waals surface area contributed by atoms with Crippen molar-refractivity contribution in [3.05, 3.63) is 71.5 Å². The molecule has 2 amide bonds. The molecular formula is C27H31N5O3. The highest BCUT2D eigenvalue weighted by molar-refractivity contribution is 5.93. The maximum atomic E-state index is 13.3. The molecule has 2 aliphatic rings. The van der Waals surface area contributed by atoms with E-state index in [9.17, 15) is 9.59 Å². The predicted octanol–water partition coefficient (Wildman–Crippen LogP) is 3.42. The first kappa shape index (κ1) is 23.1. The zero-order valence-electron chi connectivity index (χ0n) is 20.3. The number of ether oxygens (including phenoxy) is 1. The van der Waals surface area contributed by atoms with Gasteiger partial charge in [0.05, 0.1) is 11.4 Å². The molecule has 0 bridgehead atoms. The summed E-state index contributed by atoms with van der Waals surface area (Å²) in [6.07, 6.45) is 2.73. The molecule has 0 N–H and O–H groups in total. The minimum Gasteiger partial charge on any atom is -0.484 e. The summed E-state index contributed by atoms with van der Waals surface area (Å²) < 4.78 is 5.75. The molecule has 3 aromatic rings. The highest BCUT2D eigenvalue weighted by Gasteiger charge is 2.43. The van der Waals surface area contributed by atoms with Gasteiger partial charge in [-0.05, 0) is 62.3 Å². The fourth-order valence-electron chi connectivity index (χ4n) is 5.10. The predicted molar refractivity (Wildman–Crippen MR) is 132 cm³/mol. The van der Waals surface area contributed by atoms with E-state index in [0.717, 1.165) is 36.3 Å². The summed E-state index contributed by atoms with van der Waals surface area (Å²) >= 11 is 0. The van der Waals surface area contributed by atoms with Crippen LogP contribution in [0.3, 0.4) is 0 Å². The molecule has 2 fully saturated rings. The number of hydrogen-bond donors (Lipinski definition) is 0. The van der Waals surface area contributed by atoms with E-state index >= 15 is 0 Å². The van der Waals surface area contributed by atoms with E-state index in [1.165, 1.54) is 4.80 Å². The quantitative estimate of drug-likeness (QED) is 0.567. The minimum absolute atomic E-state index is 0.0159. The van der Waals surface area contributed by atoms with Crippen molar-refractivity contribution in [2.75, 3.05) is 32.8 Å². The Morgan fingerprint density at radius 3 is 2.26 bits per heavy atom. The normalized spacial score (nSPS) is 17.1. The molecule has 1 spiro atoms. The average molecular weight is 474 g/mol. The Kier molecular flexibility index (Phi) is 6.28. The van der Waals surface area contributed by atoms with Gasteiger partial charge in [0.2, 0.25) is 0 Å². The standard InChI is InChI=1S/C27H31N5O3/c1-20-8-6-7-11-23(20)35-18-24(33)30-15-12-27(13-16-30)14-17-31(19-27)26(34)25-21(2)28-32(29-25)22-9-4-3-5-10-22/h3-11H,12-19H2,1-2H3. The minimum atomic E-state index is -0.0632. The molecule has 35 heavy (non-hydrogen) atoms. The number of aryl methyl sites for hydroxylation is 2. The second-order valence-electron chi connectivity index (χ2n) is 9.67. The Balaban J connectivity index is 1.16. The summed E-state index contributed by atoms with van der Waals surface area (Å²) in [6.45, 7) is 6.66. The molecular weight excluding hydrogens is 442 g/mol. The van der Waals surface area contributed by atoms with Gasteiger partial charge in [-0.3, -0.25) is 9.59 Å². The van der Waals surface area contributed by atoms with E-state index in [0.29, 0.717) is 37.6 Å². The Bertz CT molecular complexity index is 1210. The van der Waals surface area contributed by atoms with Crippen LogP contribution in [-0.4, -0.2) is 69.4 Å². The van der Waals surface area contributed by atoms with Gasteiger partial charge in [-0.25, -0.2) is 0 Å². The fourth-order valence-corrected chi connectivity index (χ4v) is 5.10. The van der Waals surface area contributed by atoms with Crippen LogP contribution in [0.5, 0.6) is 5.75 Å². The number of likely N-dealkylation sites (tertiary alicyclic amines) is 2. The molecule has 8 nitrogen and oxygen atoms in total. The van der Waals surface area contributed by atoms with Gasteiger partial charge in [-0.15, -0.1) is 5.10 Å². The van der Waals surface area contributed by atoms with Crippen LogP contribution >= 0.6 is 0 Å². The molecule has 1 aromatic heterocycles. The third-order valence-corrected chi connectivity index (χ3v) is 7.32. The highest BCUT2D eigenvalue weighted by atomic mass is 16.5. The lowest BCUT2D eigenvalue weighted by molar-refractivity contribution is -0.135. The lowest BCUT2D eigenvalue weighted by atomic mass is 9.78. The van der Waals surface area contributed by atoms with E-state index in [1.807, 2.05) is 78.2 Å². The first-order chi connectivity index (χ1) is 16.9. The highest BCUT2D eigenvalue weighted by Crippen LogP contribution is 2.40. The van der Waals surface area contributed by atoms with Crippen molar-refractivity contribution in [3.8, 4) is 11.4 Å². The van der Waals surface area contributed by atoms with Crippen LogP contribution in [0.15, 0.2) is 54.6 Å². The van der Waals surface area contributed by atoms with Crippen LogP contribution in [0.2, 0.25) is 0 Å². The summed E-state index contributed by atoms with van der Waals surface area (Å²) in [4.78, 5) is 31.3. The van der Waals surface area contributed by atoms with Crippen molar-refractivity contribution in [1.82, 2.24) is 24.8 Å². The number of carbonyl (C=O) groups excluding carboxylic acids is 2. The summed E-state index contributed by atoms with van der Waals surface area (Å²) in [5.74, 6) is 0.702. The topological polar surface area (TPSA) is 80.6 Å². The molecule has 0 saturated carbocycles. The molecule has 0 unspecified atom stereocenters. The van der Waals surface area contributed by atoms with Crippen molar-refractivity contribution in [2.24, 2.45) is 5.41 Å². The maximum absolute atomic E-state index is 13.3. The van der Waals surface area contributed by atoms with Gasteiger partial charge < -0.3 is 14.5 Å². The van der Waals surface area contributed by atoms with Gasteiger partial charge in [0.25, 0.3) is 11.8 Å². The molecule has 5 rings (SSSR count). The van der Waals surface area contributed by atoms with Crippen LogP contribution in [0, 0.1) is 19.3 Å². The zero-order chi connectivity index (χ0) is 24.4. The molecule has 8 heteroatoms. The number of hydrogen-bond acceptors (Lipinski definition) is 5. The monoisotopic (exact) mass is 473 g/mol. The van der Waals surface area contributed by atoms with Gasteiger partial charge in [-0.1, -0.05) is 36.4 Å². The fraction of sp³-hybridized carbons (Fsp3) is 0.407. The molecule has 0 aliphatic carbocycles. The van der Waals surface area contributed by atoms with Crippen molar-refractivity contribution in [3.63, 3.8) is 0 Å². The van der Waals surface area contributed by atoms with Gasteiger partial charge in [0.15, 0.2) is 12.3 Å². The second-order valence-corrected chi connectivity index (χ2v) is 9.67.